The van der Waals surface area contributed by atoms with Gasteiger partial charge >= 0.3 is 0 Å². The molecule has 0 saturated carbocycles. The Labute approximate surface area is 144 Å². The number of rotatable bonds is 3. The number of nitrogens with one attached hydrogen (secondary N) is 1. The molecule has 1 aliphatic rings. The number of nitro groups is 1. The number of non-ortho nitro benzene ring substituents is 1. The highest BCUT2D eigenvalue weighted by Crippen LogP contribution is 2.33. The Balaban J connectivity index is 1.92. The van der Waals surface area contributed by atoms with E-state index in [0.29, 0.717) is 33.5 Å². The Hall–Kier alpha value is -2.10. The van der Waals surface area contributed by atoms with Crippen molar-refractivity contribution in [3.8, 4) is 0 Å². The predicted molar refractivity (Wildman–Crippen MR) is 94.4 cm³/mol. The Morgan fingerprint density at radius 1 is 1.50 bits per heavy atom. The lowest BCUT2D eigenvalue weighted by molar-refractivity contribution is -0.384. The Morgan fingerprint density at radius 2 is 2.33 bits per heavy atom. The monoisotopic (exact) mass is 363 g/mol. The van der Waals surface area contributed by atoms with Gasteiger partial charge in [-0.3, -0.25) is 19.5 Å². The zero-order valence-electron chi connectivity index (χ0n) is 12.5. The Kier molecular flexibility index (Phi) is 3.70. The molecule has 0 amide bonds. The van der Waals surface area contributed by atoms with E-state index in [1.54, 1.807) is 6.07 Å². The van der Waals surface area contributed by atoms with Crippen LogP contribution in [0.2, 0.25) is 0 Å². The number of ether oxygens (including phenoxy) is 1. The third-order valence-corrected chi connectivity index (χ3v) is 5.69. The number of nitro benzene ring substituents is 1. The van der Waals surface area contributed by atoms with E-state index < -0.39 is 4.92 Å². The molecule has 2 aromatic heterocycles. The van der Waals surface area contributed by atoms with Crippen LogP contribution in [0.4, 0.5) is 5.69 Å². The minimum Gasteiger partial charge on any atom is -0.376 e. The predicted octanol–water partition coefficient (Wildman–Crippen LogP) is 3.36. The molecule has 0 unspecified atom stereocenters. The molecule has 1 aromatic carbocycles. The van der Waals surface area contributed by atoms with Crippen LogP contribution in [0.3, 0.4) is 0 Å². The fourth-order valence-electron chi connectivity index (χ4n) is 3.02. The Bertz CT molecular complexity index is 1080. The number of aromatic nitrogens is 2. The molecule has 0 aliphatic carbocycles. The van der Waals surface area contributed by atoms with Gasteiger partial charge in [-0.15, -0.1) is 11.3 Å². The molecule has 7 nitrogen and oxygen atoms in total. The first-order valence-electron chi connectivity index (χ1n) is 7.50. The number of aromatic amines is 1. The van der Waals surface area contributed by atoms with Crippen molar-refractivity contribution in [2.24, 2.45) is 0 Å². The first-order chi connectivity index (χ1) is 11.5. The van der Waals surface area contributed by atoms with Crippen molar-refractivity contribution in [2.75, 3.05) is 6.61 Å². The average molecular weight is 363 g/mol. The minimum absolute atomic E-state index is 0.00529. The fraction of sp³-hybridized carbons (Fsp3) is 0.333. The number of hydrogen-bond acceptors (Lipinski definition) is 6. The molecule has 1 aliphatic heterocycles. The summed E-state index contributed by atoms with van der Waals surface area (Å²) >= 11 is 6.65. The van der Waals surface area contributed by atoms with E-state index in [1.165, 1.54) is 28.0 Å². The maximum absolute atomic E-state index is 12.8. The van der Waals surface area contributed by atoms with Crippen LogP contribution < -0.4 is 5.56 Å². The molecule has 3 heterocycles. The zero-order valence-corrected chi connectivity index (χ0v) is 14.1. The molecule has 9 heteroatoms. The van der Waals surface area contributed by atoms with Crippen molar-refractivity contribution in [3.05, 3.63) is 43.4 Å². The van der Waals surface area contributed by atoms with Crippen LogP contribution >= 0.6 is 23.6 Å². The number of hydrogen-bond donors (Lipinski definition) is 1. The van der Waals surface area contributed by atoms with Crippen molar-refractivity contribution < 1.29 is 9.66 Å². The largest absolute Gasteiger partial charge is 0.376 e. The van der Waals surface area contributed by atoms with Crippen molar-refractivity contribution in [3.63, 3.8) is 0 Å². The highest BCUT2D eigenvalue weighted by atomic mass is 32.1. The lowest BCUT2D eigenvalue weighted by Gasteiger charge is -2.11. The third-order valence-electron chi connectivity index (χ3n) is 4.21. The molecule has 124 valence electrons. The van der Waals surface area contributed by atoms with Gasteiger partial charge in [-0.2, -0.15) is 0 Å². The lowest BCUT2D eigenvalue weighted by atomic mass is 10.2. The van der Waals surface area contributed by atoms with Crippen LogP contribution in [0.5, 0.6) is 0 Å². The van der Waals surface area contributed by atoms with E-state index in [0.717, 1.165) is 17.5 Å². The van der Waals surface area contributed by atoms with Crippen molar-refractivity contribution in [2.45, 2.75) is 25.5 Å². The SMILES string of the molecule is O=c1c2sc3ccc([N+](=O)[O-])cc3c2[nH]c(=S)n1C[C@H]1CCCO1. The van der Waals surface area contributed by atoms with Gasteiger partial charge in [0.2, 0.25) is 0 Å². The maximum atomic E-state index is 12.8. The Morgan fingerprint density at radius 3 is 3.04 bits per heavy atom. The maximum Gasteiger partial charge on any atom is 0.272 e. The molecular weight excluding hydrogens is 350 g/mol. The van der Waals surface area contributed by atoms with Gasteiger partial charge in [0.15, 0.2) is 4.77 Å². The summed E-state index contributed by atoms with van der Waals surface area (Å²) in [6, 6.07) is 4.58. The van der Waals surface area contributed by atoms with Gasteiger partial charge in [-0.25, -0.2) is 0 Å². The van der Waals surface area contributed by atoms with Crippen LogP contribution in [-0.2, 0) is 11.3 Å². The van der Waals surface area contributed by atoms with Crippen molar-refractivity contribution in [1.82, 2.24) is 9.55 Å². The van der Waals surface area contributed by atoms with Gasteiger partial charge in [-0.05, 0) is 31.1 Å². The first kappa shape index (κ1) is 15.4. The fourth-order valence-corrected chi connectivity index (χ4v) is 4.37. The van der Waals surface area contributed by atoms with E-state index in [2.05, 4.69) is 4.98 Å². The molecule has 0 radical (unpaired) electrons. The van der Waals surface area contributed by atoms with E-state index in [1.807, 2.05) is 0 Å². The van der Waals surface area contributed by atoms with Gasteiger partial charge in [-0.1, -0.05) is 0 Å². The third kappa shape index (κ3) is 2.45. The average Bonchev–Trinajstić information content (AvgIpc) is 3.18. The molecule has 1 atom stereocenters. The number of fused-ring (bicyclic) bond motifs is 3. The smallest absolute Gasteiger partial charge is 0.272 e. The second kappa shape index (κ2) is 5.76. The van der Waals surface area contributed by atoms with E-state index in [9.17, 15) is 14.9 Å². The minimum atomic E-state index is -0.448. The summed E-state index contributed by atoms with van der Waals surface area (Å²) in [5, 5.41) is 11.6. The lowest BCUT2D eigenvalue weighted by Crippen LogP contribution is -2.27. The standard InChI is InChI=1S/C15H13N3O4S2/c19-14-13-12(10-6-8(18(20)21)3-4-11(10)24-13)16-15(23)17(14)7-9-2-1-5-22-9/h3-4,6,9H,1-2,5,7H2,(H,16,23)/t9-/m1/s1. The summed E-state index contributed by atoms with van der Waals surface area (Å²) in [4.78, 5) is 26.4. The molecule has 24 heavy (non-hydrogen) atoms. The summed E-state index contributed by atoms with van der Waals surface area (Å²) in [6.45, 7) is 1.14. The summed E-state index contributed by atoms with van der Waals surface area (Å²) in [5.41, 5.74) is 0.385. The summed E-state index contributed by atoms with van der Waals surface area (Å²) in [5.74, 6) is 0. The van der Waals surface area contributed by atoms with Gasteiger partial charge in [0.05, 0.1) is 23.1 Å². The van der Waals surface area contributed by atoms with Crippen LogP contribution in [0.15, 0.2) is 23.0 Å². The van der Waals surface area contributed by atoms with Crippen LogP contribution in [0.25, 0.3) is 20.3 Å². The quantitative estimate of drug-likeness (QED) is 0.438. The van der Waals surface area contributed by atoms with Gasteiger partial charge in [0.25, 0.3) is 11.2 Å². The highest BCUT2D eigenvalue weighted by molar-refractivity contribution is 7.71. The summed E-state index contributed by atoms with van der Waals surface area (Å²) < 4.78 is 8.77. The molecule has 3 aromatic rings. The van der Waals surface area contributed by atoms with E-state index >= 15 is 0 Å². The number of H-pyrrole nitrogens is 1. The first-order valence-corrected chi connectivity index (χ1v) is 8.72. The summed E-state index contributed by atoms with van der Waals surface area (Å²) in [7, 11) is 0. The number of nitrogens with zero attached hydrogens (tertiary/aromatic N) is 2. The molecule has 0 bridgehead atoms. The summed E-state index contributed by atoms with van der Waals surface area (Å²) in [6.07, 6.45) is 1.91. The van der Waals surface area contributed by atoms with Crippen molar-refractivity contribution in [1.29, 1.82) is 0 Å². The number of benzene rings is 1. The second-order valence-electron chi connectivity index (χ2n) is 5.72. The highest BCUT2D eigenvalue weighted by Gasteiger charge is 2.20. The molecule has 1 fully saturated rings. The van der Waals surface area contributed by atoms with Crippen LogP contribution in [0, 0.1) is 14.9 Å². The van der Waals surface area contributed by atoms with Crippen molar-refractivity contribution >= 4 is 49.5 Å². The topological polar surface area (TPSA) is 90.2 Å². The van der Waals surface area contributed by atoms with Gasteiger partial charge in [0.1, 0.15) is 4.70 Å². The normalized spacial score (nSPS) is 17.8. The molecule has 1 saturated heterocycles. The molecule has 0 spiro atoms. The zero-order chi connectivity index (χ0) is 16.8. The van der Waals surface area contributed by atoms with E-state index in [-0.39, 0.29) is 17.4 Å². The van der Waals surface area contributed by atoms with E-state index in [4.69, 9.17) is 17.0 Å². The second-order valence-corrected chi connectivity index (χ2v) is 7.16. The molecule has 1 N–H and O–H groups in total. The van der Waals surface area contributed by atoms with Gasteiger partial charge < -0.3 is 9.72 Å². The van der Waals surface area contributed by atoms with Crippen LogP contribution in [0.1, 0.15) is 12.8 Å². The number of thiophene rings is 1. The van der Waals surface area contributed by atoms with Gasteiger partial charge in [0, 0.05) is 28.8 Å². The molecular formula is C15H13N3O4S2. The van der Waals surface area contributed by atoms with Crippen LogP contribution in [-0.4, -0.2) is 27.2 Å². The molecule has 4 rings (SSSR count).